The van der Waals surface area contributed by atoms with Crippen LogP contribution in [-0.2, 0) is 4.84 Å². The average molecular weight is 202 g/mol. The molecule has 4 nitrogen and oxygen atoms in total. The lowest BCUT2D eigenvalue weighted by Gasteiger charge is -2.39. The summed E-state index contributed by atoms with van der Waals surface area (Å²) in [7, 11) is 0. The van der Waals surface area contributed by atoms with Gasteiger partial charge in [0, 0.05) is 0 Å². The number of hydrogen-bond acceptors (Lipinski definition) is 4. The molecule has 3 atom stereocenters. The molecule has 14 heavy (non-hydrogen) atoms. The molecule has 0 aromatic rings. The van der Waals surface area contributed by atoms with Crippen LogP contribution in [0.25, 0.3) is 0 Å². The van der Waals surface area contributed by atoms with Gasteiger partial charge >= 0.3 is 0 Å². The lowest BCUT2D eigenvalue weighted by molar-refractivity contribution is -0.342. The van der Waals surface area contributed by atoms with Crippen molar-refractivity contribution < 1.29 is 10.0 Å². The van der Waals surface area contributed by atoms with Crippen molar-refractivity contribution in [3.8, 4) is 0 Å². The molecule has 0 spiro atoms. The summed E-state index contributed by atoms with van der Waals surface area (Å²) < 4.78 is 0. The Balaban J connectivity index is 2.54. The molecule has 1 N–H and O–H groups in total. The first-order chi connectivity index (χ1) is 6.50. The lowest BCUT2D eigenvalue weighted by atomic mass is 9.75. The number of hydrogen-bond donors (Lipinski definition) is 1. The molecule has 1 saturated carbocycles. The topological polar surface area (TPSA) is 55.8 Å². The monoisotopic (exact) mass is 202 g/mol. The van der Waals surface area contributed by atoms with Crippen molar-refractivity contribution in [1.29, 1.82) is 0 Å². The molecule has 0 amide bonds. The normalized spacial score (nSPS) is 34.1. The fraction of sp³-hybridized carbons (Fsp3) is 1.00. The van der Waals surface area contributed by atoms with Gasteiger partial charge in [0.2, 0.25) is 0 Å². The molecule has 0 heterocycles. The van der Waals surface area contributed by atoms with E-state index < -0.39 is 5.39 Å². The van der Waals surface area contributed by atoms with Crippen LogP contribution in [0.15, 0.2) is 0 Å². The molecular formula is C10H20NO3-. The van der Waals surface area contributed by atoms with E-state index in [9.17, 15) is 5.21 Å². The summed E-state index contributed by atoms with van der Waals surface area (Å²) in [6, 6.07) is 0. The highest BCUT2D eigenvalue weighted by molar-refractivity contribution is 4.80. The van der Waals surface area contributed by atoms with E-state index in [1.165, 1.54) is 6.42 Å². The Kier molecular flexibility index (Phi) is 4.31. The van der Waals surface area contributed by atoms with E-state index in [2.05, 4.69) is 20.8 Å². The van der Waals surface area contributed by atoms with Crippen LogP contribution in [0.2, 0.25) is 0 Å². The summed E-state index contributed by atoms with van der Waals surface area (Å²) in [5, 5.41) is 18.6. The van der Waals surface area contributed by atoms with Crippen molar-refractivity contribution in [3.05, 3.63) is 5.21 Å². The molecular weight excluding hydrogens is 182 g/mol. The molecule has 0 bridgehead atoms. The third-order valence-corrected chi connectivity index (χ3v) is 3.19. The second-order valence-corrected chi connectivity index (χ2v) is 4.71. The molecule has 3 unspecified atom stereocenters. The van der Waals surface area contributed by atoms with Gasteiger partial charge < -0.3 is 10.4 Å². The molecule has 1 aliphatic rings. The van der Waals surface area contributed by atoms with Crippen LogP contribution in [0.4, 0.5) is 0 Å². The zero-order chi connectivity index (χ0) is 10.7. The van der Waals surface area contributed by atoms with Crippen molar-refractivity contribution in [3.63, 3.8) is 0 Å². The van der Waals surface area contributed by atoms with Gasteiger partial charge in [-0.2, -0.15) is 0 Å². The Hall–Kier alpha value is -0.160. The summed E-state index contributed by atoms with van der Waals surface area (Å²) >= 11 is 0. The third kappa shape index (κ3) is 3.20. The summed E-state index contributed by atoms with van der Waals surface area (Å²) in [5.41, 5.74) is 0. The number of rotatable bonds is 3. The first-order valence-electron chi connectivity index (χ1n) is 5.33. The highest BCUT2D eigenvalue weighted by Crippen LogP contribution is 2.35. The molecule has 4 heteroatoms. The summed E-state index contributed by atoms with van der Waals surface area (Å²) in [6.07, 6.45) is 3.01. The Bertz CT molecular complexity index is 171. The van der Waals surface area contributed by atoms with Crippen LogP contribution >= 0.6 is 0 Å². The maximum absolute atomic E-state index is 10.4. The van der Waals surface area contributed by atoms with Crippen molar-refractivity contribution in [2.45, 2.75) is 46.1 Å². The minimum absolute atomic E-state index is 0.124. The zero-order valence-electron chi connectivity index (χ0n) is 9.14. The van der Waals surface area contributed by atoms with Gasteiger partial charge in [-0.15, -0.1) is 5.39 Å². The van der Waals surface area contributed by atoms with Crippen LogP contribution in [-0.4, -0.2) is 16.7 Å². The maximum atomic E-state index is 10.4. The molecule has 0 aromatic heterocycles. The fourth-order valence-corrected chi connectivity index (χ4v) is 2.35. The largest absolute Gasteiger partial charge is 0.738 e. The van der Waals surface area contributed by atoms with Gasteiger partial charge in [0.15, 0.2) is 0 Å². The second kappa shape index (κ2) is 5.07. The Morgan fingerprint density at radius 2 is 2.07 bits per heavy atom. The van der Waals surface area contributed by atoms with Crippen LogP contribution in [0.3, 0.4) is 0 Å². The van der Waals surface area contributed by atoms with Crippen LogP contribution in [0.5, 0.6) is 0 Å². The van der Waals surface area contributed by atoms with Gasteiger partial charge in [-0.25, -0.2) is 0 Å². The lowest BCUT2D eigenvalue weighted by Crippen LogP contribution is -2.37. The summed E-state index contributed by atoms with van der Waals surface area (Å²) in [6.45, 7) is 6.41. The zero-order valence-corrected chi connectivity index (χ0v) is 9.14. The van der Waals surface area contributed by atoms with Gasteiger partial charge in [-0.3, -0.25) is 4.84 Å². The highest BCUT2D eigenvalue weighted by atomic mass is 17.1. The molecule has 0 saturated heterocycles. The van der Waals surface area contributed by atoms with E-state index in [4.69, 9.17) is 10.0 Å². The maximum Gasteiger partial charge on any atom is 0.0841 e. The quantitative estimate of drug-likeness (QED) is 0.714. The SMILES string of the molecule is CC1CCC(C(C)C)C(ON([O-])O)C1. The van der Waals surface area contributed by atoms with E-state index >= 15 is 0 Å². The van der Waals surface area contributed by atoms with Crippen molar-refractivity contribution in [2.24, 2.45) is 17.8 Å². The molecule has 0 aromatic carbocycles. The van der Waals surface area contributed by atoms with Crippen LogP contribution in [0.1, 0.15) is 40.0 Å². The minimum atomic E-state index is -0.391. The Morgan fingerprint density at radius 3 is 2.57 bits per heavy atom. The van der Waals surface area contributed by atoms with Crippen LogP contribution < -0.4 is 0 Å². The van der Waals surface area contributed by atoms with E-state index in [-0.39, 0.29) is 6.10 Å². The van der Waals surface area contributed by atoms with Gasteiger partial charge in [-0.05, 0) is 30.6 Å². The smallest absolute Gasteiger partial charge is 0.0841 e. The molecule has 1 aliphatic carbocycles. The highest BCUT2D eigenvalue weighted by Gasteiger charge is 2.31. The van der Waals surface area contributed by atoms with E-state index in [1.807, 2.05) is 0 Å². The average Bonchev–Trinajstić information content (AvgIpc) is 2.01. The van der Waals surface area contributed by atoms with E-state index in [0.29, 0.717) is 17.8 Å². The summed E-state index contributed by atoms with van der Waals surface area (Å²) in [5.74, 6) is 1.46. The predicted molar refractivity (Wildman–Crippen MR) is 53.2 cm³/mol. The predicted octanol–water partition coefficient (Wildman–Crippen LogP) is 2.57. The Labute approximate surface area is 85.3 Å². The minimum Gasteiger partial charge on any atom is -0.738 e. The van der Waals surface area contributed by atoms with E-state index in [1.54, 1.807) is 0 Å². The Morgan fingerprint density at radius 1 is 1.43 bits per heavy atom. The second-order valence-electron chi connectivity index (χ2n) is 4.71. The van der Waals surface area contributed by atoms with Gasteiger partial charge in [0.25, 0.3) is 0 Å². The molecule has 1 fully saturated rings. The van der Waals surface area contributed by atoms with E-state index in [0.717, 1.165) is 12.8 Å². The third-order valence-electron chi connectivity index (χ3n) is 3.19. The first-order valence-corrected chi connectivity index (χ1v) is 5.33. The standard InChI is InChI=1S/C10H20NO3/c1-7(2)9-5-4-8(3)6-10(9)14-11(12)13/h7-10,12H,4-6H2,1-3H3/q-1. The van der Waals surface area contributed by atoms with Gasteiger partial charge in [-0.1, -0.05) is 27.2 Å². The van der Waals surface area contributed by atoms with Gasteiger partial charge in [0.1, 0.15) is 0 Å². The molecule has 0 radical (unpaired) electrons. The molecule has 1 rings (SSSR count). The van der Waals surface area contributed by atoms with Crippen molar-refractivity contribution in [2.75, 3.05) is 0 Å². The molecule has 0 aliphatic heterocycles. The van der Waals surface area contributed by atoms with Crippen molar-refractivity contribution >= 4 is 0 Å². The van der Waals surface area contributed by atoms with Crippen LogP contribution in [0, 0.1) is 23.0 Å². The summed E-state index contributed by atoms with van der Waals surface area (Å²) in [4.78, 5) is 4.87. The number of nitrogens with zero attached hydrogens (tertiary/aromatic N) is 1. The first kappa shape index (κ1) is 11.9. The van der Waals surface area contributed by atoms with Gasteiger partial charge in [0.05, 0.1) is 6.10 Å². The fourth-order valence-electron chi connectivity index (χ4n) is 2.35. The molecule has 84 valence electrons. The van der Waals surface area contributed by atoms with Crippen molar-refractivity contribution in [1.82, 2.24) is 5.39 Å².